The number of benzene rings is 1. The minimum absolute atomic E-state index is 0.0164. The molecule has 3 aromatic heterocycles. The van der Waals surface area contributed by atoms with E-state index in [1.807, 2.05) is 12.1 Å². The molecule has 1 unspecified atom stereocenters. The summed E-state index contributed by atoms with van der Waals surface area (Å²) in [5.41, 5.74) is 3.48. The Bertz CT molecular complexity index is 1420. The standard InChI is InChI=1S/C26H21F2N7/c1-2-16-7-8-17(23-14-30-15-24(31-23)21-9-12-35(34-21)11-4-10-29)26-18(16)13-22(32-33-26)25-19(27)5-3-6-20(25)28/h2-3,5-6,9,12-17H,1,4,7-8,11H2/t16-,17?/m0/s1. The van der Waals surface area contributed by atoms with E-state index in [1.54, 1.807) is 29.3 Å². The van der Waals surface area contributed by atoms with Crippen LogP contribution in [0, 0.1) is 23.0 Å². The number of aryl methyl sites for hydroxylation is 1. The molecule has 0 saturated heterocycles. The fourth-order valence-electron chi connectivity index (χ4n) is 4.48. The molecular formula is C26H21F2N7. The van der Waals surface area contributed by atoms with Crippen LogP contribution in [0.15, 0.2) is 61.6 Å². The van der Waals surface area contributed by atoms with Crippen LogP contribution in [0.2, 0.25) is 0 Å². The lowest BCUT2D eigenvalue weighted by molar-refractivity contribution is 0.542. The van der Waals surface area contributed by atoms with Crippen molar-refractivity contribution in [2.45, 2.75) is 37.6 Å². The van der Waals surface area contributed by atoms with E-state index in [1.165, 1.54) is 18.2 Å². The molecule has 3 heterocycles. The molecule has 1 aliphatic carbocycles. The smallest absolute Gasteiger partial charge is 0.135 e. The quantitative estimate of drug-likeness (QED) is 0.361. The fourth-order valence-corrected chi connectivity index (χ4v) is 4.48. The van der Waals surface area contributed by atoms with Crippen molar-refractivity contribution in [2.75, 3.05) is 0 Å². The second kappa shape index (κ2) is 9.50. The number of fused-ring (bicyclic) bond motifs is 1. The lowest BCUT2D eigenvalue weighted by Crippen LogP contribution is -2.19. The zero-order valence-corrected chi connectivity index (χ0v) is 18.8. The maximum atomic E-state index is 14.4. The van der Waals surface area contributed by atoms with Gasteiger partial charge in [-0.3, -0.25) is 9.67 Å². The zero-order chi connectivity index (χ0) is 24.4. The number of hydrogen-bond acceptors (Lipinski definition) is 6. The third-order valence-corrected chi connectivity index (χ3v) is 6.22. The number of aromatic nitrogens is 6. The molecule has 1 aliphatic rings. The van der Waals surface area contributed by atoms with E-state index in [2.05, 4.69) is 32.9 Å². The van der Waals surface area contributed by atoms with Gasteiger partial charge in [-0.2, -0.15) is 15.5 Å². The van der Waals surface area contributed by atoms with Crippen molar-refractivity contribution < 1.29 is 8.78 Å². The Morgan fingerprint density at radius 1 is 1.09 bits per heavy atom. The van der Waals surface area contributed by atoms with E-state index >= 15 is 0 Å². The fraction of sp³-hybridized carbons (Fsp3) is 0.231. The first kappa shape index (κ1) is 22.5. The minimum Gasteiger partial charge on any atom is -0.271 e. The van der Waals surface area contributed by atoms with Gasteiger partial charge in [-0.25, -0.2) is 13.8 Å². The molecule has 0 saturated carbocycles. The van der Waals surface area contributed by atoms with E-state index in [9.17, 15) is 8.78 Å². The molecular weight excluding hydrogens is 448 g/mol. The first-order valence-corrected chi connectivity index (χ1v) is 11.3. The van der Waals surface area contributed by atoms with E-state index in [0.717, 1.165) is 24.1 Å². The van der Waals surface area contributed by atoms with Crippen molar-refractivity contribution in [3.8, 4) is 28.7 Å². The number of nitrogens with zero attached hydrogens (tertiary/aromatic N) is 7. The molecule has 4 aromatic rings. The van der Waals surface area contributed by atoms with Gasteiger partial charge in [0.1, 0.15) is 23.0 Å². The predicted molar refractivity (Wildman–Crippen MR) is 125 cm³/mol. The van der Waals surface area contributed by atoms with Crippen LogP contribution in [0.5, 0.6) is 0 Å². The molecule has 0 aliphatic heterocycles. The van der Waals surface area contributed by atoms with Crippen molar-refractivity contribution in [3.63, 3.8) is 0 Å². The van der Waals surface area contributed by atoms with Crippen LogP contribution in [-0.4, -0.2) is 29.9 Å². The van der Waals surface area contributed by atoms with Crippen LogP contribution in [0.4, 0.5) is 8.78 Å². The van der Waals surface area contributed by atoms with E-state index in [4.69, 9.17) is 10.2 Å². The highest BCUT2D eigenvalue weighted by Gasteiger charge is 2.31. The third-order valence-electron chi connectivity index (χ3n) is 6.22. The normalized spacial score (nSPS) is 16.9. The molecule has 1 aromatic carbocycles. The van der Waals surface area contributed by atoms with Crippen LogP contribution in [0.1, 0.15) is 48.0 Å². The van der Waals surface area contributed by atoms with Gasteiger partial charge in [-0.15, -0.1) is 11.7 Å². The summed E-state index contributed by atoms with van der Waals surface area (Å²) in [6.45, 7) is 4.44. The summed E-state index contributed by atoms with van der Waals surface area (Å²) in [5, 5.41) is 21.9. The molecule has 0 spiro atoms. The topological polar surface area (TPSA) is 93.2 Å². The van der Waals surface area contributed by atoms with Crippen molar-refractivity contribution in [2.24, 2.45) is 0 Å². The summed E-state index contributed by atoms with van der Waals surface area (Å²) in [6, 6.07) is 9.38. The van der Waals surface area contributed by atoms with Gasteiger partial charge < -0.3 is 0 Å². The van der Waals surface area contributed by atoms with Gasteiger partial charge in [0.2, 0.25) is 0 Å². The number of rotatable bonds is 6. The maximum Gasteiger partial charge on any atom is 0.135 e. The average Bonchev–Trinajstić information content (AvgIpc) is 3.36. The summed E-state index contributed by atoms with van der Waals surface area (Å²) in [5.74, 6) is -1.57. The molecule has 174 valence electrons. The Balaban J connectivity index is 1.52. The van der Waals surface area contributed by atoms with Crippen LogP contribution in [0.25, 0.3) is 22.6 Å². The van der Waals surface area contributed by atoms with Gasteiger partial charge in [0.15, 0.2) is 0 Å². The van der Waals surface area contributed by atoms with Crippen LogP contribution < -0.4 is 0 Å². The van der Waals surface area contributed by atoms with Gasteiger partial charge in [0, 0.05) is 24.2 Å². The van der Waals surface area contributed by atoms with Gasteiger partial charge >= 0.3 is 0 Å². The second-order valence-corrected chi connectivity index (χ2v) is 8.34. The number of halogens is 2. The molecule has 9 heteroatoms. The minimum atomic E-state index is -0.686. The highest BCUT2D eigenvalue weighted by molar-refractivity contribution is 5.62. The number of allylic oxidation sites excluding steroid dienone is 1. The molecule has 0 fully saturated rings. The summed E-state index contributed by atoms with van der Waals surface area (Å²) in [4.78, 5) is 9.18. The van der Waals surface area contributed by atoms with Crippen molar-refractivity contribution in [3.05, 3.63) is 90.2 Å². The van der Waals surface area contributed by atoms with Crippen LogP contribution >= 0.6 is 0 Å². The Morgan fingerprint density at radius 2 is 1.91 bits per heavy atom. The summed E-state index contributed by atoms with van der Waals surface area (Å²) in [6.07, 6.45) is 8.88. The van der Waals surface area contributed by atoms with Crippen LogP contribution in [0.3, 0.4) is 0 Å². The van der Waals surface area contributed by atoms with Gasteiger partial charge in [0.25, 0.3) is 0 Å². The summed E-state index contributed by atoms with van der Waals surface area (Å²) >= 11 is 0. The Labute approximate surface area is 200 Å². The first-order chi connectivity index (χ1) is 17.1. The largest absolute Gasteiger partial charge is 0.271 e. The van der Waals surface area contributed by atoms with E-state index < -0.39 is 11.6 Å². The number of nitriles is 1. The highest BCUT2D eigenvalue weighted by atomic mass is 19.1. The monoisotopic (exact) mass is 469 g/mol. The molecule has 7 nitrogen and oxygen atoms in total. The third kappa shape index (κ3) is 4.30. The van der Waals surface area contributed by atoms with E-state index in [0.29, 0.717) is 30.0 Å². The predicted octanol–water partition coefficient (Wildman–Crippen LogP) is 5.18. The molecule has 0 radical (unpaired) electrons. The molecule has 0 amide bonds. The summed E-state index contributed by atoms with van der Waals surface area (Å²) < 4.78 is 30.5. The van der Waals surface area contributed by atoms with Crippen molar-refractivity contribution in [1.29, 1.82) is 5.26 Å². The molecule has 0 N–H and O–H groups in total. The maximum absolute atomic E-state index is 14.4. The molecule has 0 bridgehead atoms. The molecule has 5 rings (SSSR count). The van der Waals surface area contributed by atoms with Gasteiger partial charge in [-0.05, 0) is 42.7 Å². The highest BCUT2D eigenvalue weighted by Crippen LogP contribution is 2.42. The SMILES string of the molecule is C=C[C@H]1CCC(c2cncc(-c3ccn(CCC#N)n3)n2)c2nnc(-c3c(F)cccc3F)cc21. The number of hydrogen-bond donors (Lipinski definition) is 0. The molecule has 35 heavy (non-hydrogen) atoms. The lowest BCUT2D eigenvalue weighted by Gasteiger charge is -2.28. The Hall–Kier alpha value is -4.32. The van der Waals surface area contributed by atoms with Crippen molar-refractivity contribution in [1.82, 2.24) is 29.9 Å². The zero-order valence-electron chi connectivity index (χ0n) is 18.8. The lowest BCUT2D eigenvalue weighted by atomic mass is 9.78. The first-order valence-electron chi connectivity index (χ1n) is 11.3. The van der Waals surface area contributed by atoms with Gasteiger partial charge in [0.05, 0.1) is 47.9 Å². The van der Waals surface area contributed by atoms with Crippen molar-refractivity contribution >= 4 is 0 Å². The van der Waals surface area contributed by atoms with E-state index in [-0.39, 0.29) is 23.1 Å². The summed E-state index contributed by atoms with van der Waals surface area (Å²) in [7, 11) is 0. The average molecular weight is 469 g/mol. The van der Waals surface area contributed by atoms with Gasteiger partial charge in [-0.1, -0.05) is 12.1 Å². The Morgan fingerprint density at radius 3 is 2.69 bits per heavy atom. The van der Waals surface area contributed by atoms with Crippen LogP contribution in [-0.2, 0) is 6.54 Å². The molecule has 2 atom stereocenters. The second-order valence-electron chi connectivity index (χ2n) is 8.34. The Kier molecular flexibility index (Phi) is 6.10.